The molecule has 1 N–H and O–H groups in total. The van der Waals surface area contributed by atoms with Crippen molar-refractivity contribution in [2.24, 2.45) is 13.0 Å². The first-order valence-electron chi connectivity index (χ1n) is 7.39. The lowest BCUT2D eigenvalue weighted by Crippen LogP contribution is -2.37. The highest BCUT2D eigenvalue weighted by Crippen LogP contribution is 2.25. The normalized spacial score (nSPS) is 22.6. The number of hydrogen-bond donors (Lipinski definition) is 1. The van der Waals surface area contributed by atoms with Gasteiger partial charge in [0.25, 0.3) is 0 Å². The molecule has 0 radical (unpaired) electrons. The number of amides is 2. The number of ether oxygens (including phenoxy) is 1. The first-order valence-corrected chi connectivity index (χ1v) is 7.39. The Bertz CT molecular complexity index is 536. The molecule has 2 aliphatic rings. The molecule has 0 aromatic carbocycles. The van der Waals surface area contributed by atoms with E-state index in [9.17, 15) is 9.59 Å². The summed E-state index contributed by atoms with van der Waals surface area (Å²) < 4.78 is 6.92. The standard InChI is InChI=1S/C14H20N4O3/c1-17-12(6-7-16-17)18-9-11(21-14(18)20)8-15-13(19)10-4-2-3-5-10/h6-7,10-11H,2-5,8-9H2,1H3,(H,15,19). The van der Waals surface area contributed by atoms with E-state index in [1.807, 2.05) is 0 Å². The van der Waals surface area contributed by atoms with E-state index >= 15 is 0 Å². The third-order valence-electron chi connectivity index (χ3n) is 4.18. The second-order valence-electron chi connectivity index (χ2n) is 5.66. The predicted octanol–water partition coefficient (Wildman–Crippen LogP) is 1.05. The highest BCUT2D eigenvalue weighted by molar-refractivity contribution is 5.88. The van der Waals surface area contributed by atoms with Crippen molar-refractivity contribution >= 4 is 17.8 Å². The lowest BCUT2D eigenvalue weighted by molar-refractivity contribution is -0.125. The summed E-state index contributed by atoms with van der Waals surface area (Å²) in [5, 5.41) is 6.95. The van der Waals surface area contributed by atoms with Gasteiger partial charge in [0.05, 0.1) is 19.3 Å². The fourth-order valence-electron chi connectivity index (χ4n) is 2.99. The number of rotatable bonds is 4. The summed E-state index contributed by atoms with van der Waals surface area (Å²) in [6, 6.07) is 1.76. The molecule has 2 amide bonds. The van der Waals surface area contributed by atoms with Gasteiger partial charge in [0.2, 0.25) is 5.91 Å². The van der Waals surface area contributed by atoms with E-state index in [1.54, 1.807) is 28.9 Å². The van der Waals surface area contributed by atoms with Crippen LogP contribution in [-0.2, 0) is 16.6 Å². The van der Waals surface area contributed by atoms with Crippen LogP contribution in [0.1, 0.15) is 25.7 Å². The summed E-state index contributed by atoms with van der Waals surface area (Å²) in [5.41, 5.74) is 0. The van der Waals surface area contributed by atoms with Crippen LogP contribution in [0.15, 0.2) is 12.3 Å². The first kappa shape index (κ1) is 13.9. The van der Waals surface area contributed by atoms with Gasteiger partial charge in [0, 0.05) is 19.0 Å². The predicted molar refractivity (Wildman–Crippen MR) is 75.8 cm³/mol. The van der Waals surface area contributed by atoms with Gasteiger partial charge in [-0.1, -0.05) is 12.8 Å². The second-order valence-corrected chi connectivity index (χ2v) is 5.66. The van der Waals surface area contributed by atoms with Crippen molar-refractivity contribution in [3.05, 3.63) is 12.3 Å². The molecule has 2 fully saturated rings. The molecule has 1 saturated heterocycles. The Morgan fingerprint density at radius 2 is 2.24 bits per heavy atom. The third kappa shape index (κ3) is 2.86. The van der Waals surface area contributed by atoms with Crippen LogP contribution in [0.25, 0.3) is 0 Å². The summed E-state index contributed by atoms with van der Waals surface area (Å²) in [7, 11) is 1.78. The third-order valence-corrected chi connectivity index (χ3v) is 4.18. The van der Waals surface area contributed by atoms with Crippen molar-refractivity contribution < 1.29 is 14.3 Å². The van der Waals surface area contributed by atoms with Gasteiger partial charge in [-0.3, -0.25) is 14.4 Å². The molecule has 1 unspecified atom stereocenters. The van der Waals surface area contributed by atoms with Crippen LogP contribution in [0.5, 0.6) is 0 Å². The molecular formula is C14H20N4O3. The number of carbonyl (C=O) groups excluding carboxylic acids is 2. The zero-order valence-corrected chi connectivity index (χ0v) is 12.1. The smallest absolute Gasteiger partial charge is 0.416 e. The Labute approximate surface area is 123 Å². The molecular weight excluding hydrogens is 272 g/mol. The van der Waals surface area contributed by atoms with E-state index in [0.717, 1.165) is 25.7 Å². The average molecular weight is 292 g/mol. The summed E-state index contributed by atoms with van der Waals surface area (Å²) in [6.45, 7) is 0.804. The van der Waals surface area contributed by atoms with E-state index in [4.69, 9.17) is 4.74 Å². The van der Waals surface area contributed by atoms with Crippen LogP contribution in [0, 0.1) is 5.92 Å². The minimum absolute atomic E-state index is 0.0857. The minimum atomic E-state index is -0.390. The second kappa shape index (κ2) is 5.75. The highest BCUT2D eigenvalue weighted by Gasteiger charge is 2.34. The van der Waals surface area contributed by atoms with Crippen LogP contribution < -0.4 is 10.2 Å². The van der Waals surface area contributed by atoms with Gasteiger partial charge < -0.3 is 10.1 Å². The Hall–Kier alpha value is -2.05. The van der Waals surface area contributed by atoms with Crippen LogP contribution in [-0.4, -0.2) is 41.0 Å². The average Bonchev–Trinajstić information content (AvgIpc) is 3.17. The van der Waals surface area contributed by atoms with Crippen LogP contribution in [0.3, 0.4) is 0 Å². The van der Waals surface area contributed by atoms with Crippen molar-refractivity contribution in [1.82, 2.24) is 15.1 Å². The molecule has 1 aliphatic heterocycles. The van der Waals surface area contributed by atoms with Crippen LogP contribution in [0.2, 0.25) is 0 Å². The molecule has 1 aliphatic carbocycles. The summed E-state index contributed by atoms with van der Waals surface area (Å²) in [5.74, 6) is 0.919. The maximum atomic E-state index is 12.0. The monoisotopic (exact) mass is 292 g/mol. The molecule has 3 rings (SSSR count). The van der Waals surface area contributed by atoms with Crippen molar-refractivity contribution in [3.8, 4) is 0 Å². The lowest BCUT2D eigenvalue weighted by Gasteiger charge is -2.14. The number of anilines is 1. The van der Waals surface area contributed by atoms with E-state index in [-0.39, 0.29) is 17.9 Å². The molecule has 0 spiro atoms. The summed E-state index contributed by atoms with van der Waals surface area (Å²) >= 11 is 0. The van der Waals surface area contributed by atoms with E-state index in [1.165, 1.54) is 0 Å². The molecule has 1 saturated carbocycles. The van der Waals surface area contributed by atoms with Gasteiger partial charge in [0.15, 0.2) is 0 Å². The molecule has 7 nitrogen and oxygen atoms in total. The fraction of sp³-hybridized carbons (Fsp3) is 0.643. The SMILES string of the molecule is Cn1nccc1N1CC(CNC(=O)C2CCCC2)OC1=O. The number of nitrogens with one attached hydrogen (secondary N) is 1. The van der Waals surface area contributed by atoms with Crippen molar-refractivity contribution in [3.63, 3.8) is 0 Å². The first-order chi connectivity index (χ1) is 10.1. The van der Waals surface area contributed by atoms with E-state index in [0.29, 0.717) is 18.9 Å². The van der Waals surface area contributed by atoms with Crippen molar-refractivity contribution in [1.29, 1.82) is 0 Å². The fourth-order valence-corrected chi connectivity index (χ4v) is 2.99. The van der Waals surface area contributed by atoms with Crippen molar-refractivity contribution in [2.75, 3.05) is 18.0 Å². The number of carbonyl (C=O) groups is 2. The van der Waals surface area contributed by atoms with Gasteiger partial charge in [-0.15, -0.1) is 0 Å². The van der Waals surface area contributed by atoms with Gasteiger partial charge >= 0.3 is 6.09 Å². The Balaban J connectivity index is 1.53. The van der Waals surface area contributed by atoms with Crippen LogP contribution >= 0.6 is 0 Å². The quantitative estimate of drug-likeness (QED) is 0.900. The summed E-state index contributed by atoms with van der Waals surface area (Å²) in [4.78, 5) is 25.4. The van der Waals surface area contributed by atoms with Gasteiger partial charge in [-0.05, 0) is 12.8 Å². The molecule has 114 valence electrons. The molecule has 1 aromatic rings. The Morgan fingerprint density at radius 3 is 2.90 bits per heavy atom. The maximum absolute atomic E-state index is 12.0. The van der Waals surface area contributed by atoms with E-state index < -0.39 is 6.09 Å². The molecule has 0 bridgehead atoms. The number of cyclic esters (lactones) is 1. The minimum Gasteiger partial charge on any atom is -0.442 e. The number of aryl methyl sites for hydroxylation is 1. The lowest BCUT2D eigenvalue weighted by atomic mass is 10.1. The molecule has 1 aromatic heterocycles. The molecule has 21 heavy (non-hydrogen) atoms. The molecule has 7 heteroatoms. The Kier molecular flexibility index (Phi) is 3.81. The van der Waals surface area contributed by atoms with E-state index in [2.05, 4.69) is 10.4 Å². The van der Waals surface area contributed by atoms with Gasteiger partial charge in [0.1, 0.15) is 11.9 Å². The van der Waals surface area contributed by atoms with Gasteiger partial charge in [-0.25, -0.2) is 4.79 Å². The maximum Gasteiger partial charge on any atom is 0.416 e. The number of hydrogen-bond acceptors (Lipinski definition) is 4. The van der Waals surface area contributed by atoms with Gasteiger partial charge in [-0.2, -0.15) is 5.10 Å². The molecule has 1 atom stereocenters. The molecule has 2 heterocycles. The summed E-state index contributed by atoms with van der Waals surface area (Å²) in [6.07, 6.45) is 5.14. The number of aromatic nitrogens is 2. The zero-order chi connectivity index (χ0) is 14.8. The Morgan fingerprint density at radius 1 is 1.48 bits per heavy atom. The topological polar surface area (TPSA) is 76.5 Å². The zero-order valence-electron chi connectivity index (χ0n) is 12.1. The largest absolute Gasteiger partial charge is 0.442 e. The number of nitrogens with zero attached hydrogens (tertiary/aromatic N) is 3. The van der Waals surface area contributed by atoms with Crippen molar-refractivity contribution in [2.45, 2.75) is 31.8 Å². The van der Waals surface area contributed by atoms with Crippen LogP contribution in [0.4, 0.5) is 10.6 Å². The highest BCUT2D eigenvalue weighted by atomic mass is 16.6.